The second kappa shape index (κ2) is 18.4. The molecule has 13 heteroatoms. The summed E-state index contributed by atoms with van der Waals surface area (Å²) in [4.78, 5) is 60.3. The van der Waals surface area contributed by atoms with Crippen molar-refractivity contribution in [2.45, 2.75) is 63.8 Å². The fourth-order valence-corrected chi connectivity index (χ4v) is 4.46. The van der Waals surface area contributed by atoms with Gasteiger partial charge < -0.3 is 40.7 Å². The molecule has 0 aliphatic rings. The van der Waals surface area contributed by atoms with Crippen molar-refractivity contribution in [3.63, 3.8) is 0 Å². The molecule has 250 valence electrons. The molecule has 3 amide bonds. The summed E-state index contributed by atoms with van der Waals surface area (Å²) in [5.74, 6) is -4.49. The molecule has 0 fully saturated rings. The zero-order valence-electron chi connectivity index (χ0n) is 25.9. The number of urea groups is 1. The third kappa shape index (κ3) is 12.4. The number of aliphatic carboxylic acids is 3. The van der Waals surface area contributed by atoms with Gasteiger partial charge in [-0.25, -0.2) is 19.2 Å². The maximum Gasteiger partial charge on any atom is 0.356 e. The van der Waals surface area contributed by atoms with Gasteiger partial charge in [-0.3, -0.25) is 4.79 Å². The fourth-order valence-electron chi connectivity index (χ4n) is 4.46. The van der Waals surface area contributed by atoms with Crippen LogP contribution in [-0.2, 0) is 38.6 Å². The second-order valence-corrected chi connectivity index (χ2v) is 10.7. The van der Waals surface area contributed by atoms with E-state index in [2.05, 4.69) is 16.0 Å². The Morgan fingerprint density at radius 2 is 1.21 bits per heavy atom. The third-order valence-corrected chi connectivity index (χ3v) is 6.98. The van der Waals surface area contributed by atoms with Crippen LogP contribution in [0.15, 0.2) is 78.9 Å². The van der Waals surface area contributed by atoms with E-state index >= 15 is 0 Å². The molecule has 3 rings (SSSR count). The molecule has 0 aliphatic carbocycles. The molecule has 0 aliphatic heterocycles. The van der Waals surface area contributed by atoms with Gasteiger partial charge in [0, 0.05) is 19.4 Å². The van der Waals surface area contributed by atoms with E-state index in [1.807, 2.05) is 37.3 Å². The van der Waals surface area contributed by atoms with E-state index in [0.717, 1.165) is 24.8 Å². The molecular formula is C34H39N3O10. The Morgan fingerprint density at radius 3 is 1.77 bits per heavy atom. The van der Waals surface area contributed by atoms with Crippen molar-refractivity contribution in [3.8, 4) is 11.5 Å². The van der Waals surface area contributed by atoms with E-state index in [0.29, 0.717) is 30.0 Å². The Bertz CT molecular complexity index is 1470. The minimum atomic E-state index is -2.10. The number of ether oxygens (including phenoxy) is 2. The summed E-state index contributed by atoms with van der Waals surface area (Å²) in [6, 6.07) is 18.9. The Balaban J connectivity index is 1.64. The van der Waals surface area contributed by atoms with Gasteiger partial charge in [0.2, 0.25) is 5.91 Å². The van der Waals surface area contributed by atoms with Crippen LogP contribution < -0.4 is 25.4 Å². The number of nitrogens with one attached hydrogen (secondary N) is 3. The summed E-state index contributed by atoms with van der Waals surface area (Å²) in [5, 5.41) is 35.7. The van der Waals surface area contributed by atoms with Crippen molar-refractivity contribution < 1.29 is 48.8 Å². The van der Waals surface area contributed by atoms with Gasteiger partial charge in [-0.2, -0.15) is 0 Å². The molecule has 3 aromatic rings. The van der Waals surface area contributed by atoms with E-state index in [4.69, 9.17) is 19.7 Å². The van der Waals surface area contributed by atoms with E-state index in [-0.39, 0.29) is 18.6 Å². The van der Waals surface area contributed by atoms with Gasteiger partial charge in [-0.05, 0) is 47.4 Å². The lowest BCUT2D eigenvalue weighted by molar-refractivity contribution is -0.159. The lowest BCUT2D eigenvalue weighted by Crippen LogP contribution is -2.54. The van der Waals surface area contributed by atoms with Crippen molar-refractivity contribution in [1.29, 1.82) is 0 Å². The monoisotopic (exact) mass is 649 g/mol. The Hall–Kier alpha value is -5.59. The van der Waals surface area contributed by atoms with E-state index in [1.54, 1.807) is 24.3 Å². The minimum absolute atomic E-state index is 0.00319. The summed E-state index contributed by atoms with van der Waals surface area (Å²) in [6.45, 7) is 2.78. The standard InChI is InChI=1S/C34H39N3O10/c1-2-3-7-18-35-30(38)27(19-22-12-16-26(17-13-22)47-29(32(41)42)33(43)44)36-34(45)37-28(31(39)40)20-23-10-14-25(15-11-23)46-21-24-8-5-4-6-9-24/h4-6,8-17,27-29H,2-3,7,18-21H2,1H3,(H,35,38)(H,39,40)(H,41,42)(H,43,44)(H2,36,37,45). The van der Waals surface area contributed by atoms with Crippen molar-refractivity contribution in [2.24, 2.45) is 0 Å². The van der Waals surface area contributed by atoms with Gasteiger partial charge in [0.05, 0.1) is 0 Å². The fraction of sp³-hybridized carbons (Fsp3) is 0.324. The highest BCUT2D eigenvalue weighted by Gasteiger charge is 2.28. The highest BCUT2D eigenvalue weighted by atomic mass is 16.5. The normalized spacial score (nSPS) is 12.0. The molecule has 0 heterocycles. The van der Waals surface area contributed by atoms with Crippen LogP contribution in [0.2, 0.25) is 0 Å². The lowest BCUT2D eigenvalue weighted by Gasteiger charge is -2.21. The number of carbonyl (C=O) groups is 5. The number of hydrogen-bond donors (Lipinski definition) is 6. The Kier molecular flexibility index (Phi) is 14.0. The van der Waals surface area contributed by atoms with E-state index in [1.165, 1.54) is 24.3 Å². The van der Waals surface area contributed by atoms with Crippen LogP contribution in [-0.4, -0.2) is 69.9 Å². The maximum atomic E-state index is 13.1. The zero-order chi connectivity index (χ0) is 34.2. The number of carboxylic acid groups (broad SMARTS) is 3. The molecule has 6 N–H and O–H groups in total. The summed E-state index contributed by atoms with van der Waals surface area (Å²) < 4.78 is 10.8. The highest BCUT2D eigenvalue weighted by Crippen LogP contribution is 2.17. The largest absolute Gasteiger partial charge is 0.489 e. The first-order valence-electron chi connectivity index (χ1n) is 15.1. The number of hydrogen-bond acceptors (Lipinski definition) is 7. The molecule has 13 nitrogen and oxygen atoms in total. The number of amides is 3. The van der Waals surface area contributed by atoms with E-state index in [9.17, 15) is 29.1 Å². The Morgan fingerprint density at radius 1 is 0.660 bits per heavy atom. The molecule has 0 spiro atoms. The smallest absolute Gasteiger partial charge is 0.356 e. The molecule has 0 bridgehead atoms. The van der Waals surface area contributed by atoms with Crippen molar-refractivity contribution in [1.82, 2.24) is 16.0 Å². The van der Waals surface area contributed by atoms with Crippen LogP contribution in [0.3, 0.4) is 0 Å². The summed E-state index contributed by atoms with van der Waals surface area (Å²) in [5.41, 5.74) is 2.18. The van der Waals surface area contributed by atoms with Gasteiger partial charge in [-0.1, -0.05) is 74.4 Å². The summed E-state index contributed by atoms with van der Waals surface area (Å²) in [6.07, 6.45) is 0.453. The highest BCUT2D eigenvalue weighted by molar-refractivity contribution is 5.96. The molecule has 0 aromatic heterocycles. The van der Waals surface area contributed by atoms with Crippen LogP contribution in [0.25, 0.3) is 0 Å². The molecular weight excluding hydrogens is 610 g/mol. The number of unbranched alkanes of at least 4 members (excludes halogenated alkanes) is 2. The molecule has 0 saturated heterocycles. The zero-order valence-corrected chi connectivity index (χ0v) is 25.9. The molecule has 2 unspecified atom stereocenters. The lowest BCUT2D eigenvalue weighted by atomic mass is 10.0. The second-order valence-electron chi connectivity index (χ2n) is 10.7. The first kappa shape index (κ1) is 35.9. The van der Waals surface area contributed by atoms with E-state index < -0.39 is 48.0 Å². The van der Waals surface area contributed by atoms with Gasteiger partial charge in [-0.15, -0.1) is 0 Å². The van der Waals surface area contributed by atoms with Crippen molar-refractivity contribution in [3.05, 3.63) is 95.6 Å². The summed E-state index contributed by atoms with van der Waals surface area (Å²) in [7, 11) is 0. The predicted octanol–water partition coefficient (Wildman–Crippen LogP) is 3.39. The molecule has 2 atom stereocenters. The van der Waals surface area contributed by atoms with Crippen molar-refractivity contribution in [2.75, 3.05) is 6.54 Å². The van der Waals surface area contributed by atoms with Crippen LogP contribution in [0.4, 0.5) is 4.79 Å². The average Bonchev–Trinajstić information content (AvgIpc) is 3.05. The van der Waals surface area contributed by atoms with Crippen LogP contribution in [0, 0.1) is 0 Å². The number of carbonyl (C=O) groups excluding carboxylic acids is 2. The maximum absolute atomic E-state index is 13.1. The number of carboxylic acids is 3. The number of benzene rings is 3. The molecule has 0 saturated carbocycles. The SMILES string of the molecule is CCCCCNC(=O)C(Cc1ccc(OC(C(=O)O)C(=O)O)cc1)NC(=O)NC(Cc1ccc(OCc2ccccc2)cc1)C(=O)O. The van der Waals surface area contributed by atoms with Crippen LogP contribution in [0.1, 0.15) is 42.9 Å². The third-order valence-electron chi connectivity index (χ3n) is 6.98. The summed E-state index contributed by atoms with van der Waals surface area (Å²) >= 11 is 0. The van der Waals surface area contributed by atoms with Gasteiger partial charge >= 0.3 is 23.9 Å². The van der Waals surface area contributed by atoms with Crippen LogP contribution in [0.5, 0.6) is 11.5 Å². The molecule has 0 radical (unpaired) electrons. The number of rotatable bonds is 19. The first-order chi connectivity index (χ1) is 22.5. The quantitative estimate of drug-likeness (QED) is 0.0826. The molecule has 3 aromatic carbocycles. The van der Waals surface area contributed by atoms with Gasteiger partial charge in [0.1, 0.15) is 30.2 Å². The average molecular weight is 650 g/mol. The van der Waals surface area contributed by atoms with Crippen LogP contribution >= 0.6 is 0 Å². The minimum Gasteiger partial charge on any atom is -0.489 e. The Labute approximate surface area is 271 Å². The first-order valence-corrected chi connectivity index (χ1v) is 15.1. The van der Waals surface area contributed by atoms with Gasteiger partial charge in [0.15, 0.2) is 0 Å². The topological polar surface area (TPSA) is 201 Å². The van der Waals surface area contributed by atoms with Crippen molar-refractivity contribution >= 4 is 29.8 Å². The van der Waals surface area contributed by atoms with Gasteiger partial charge in [0.25, 0.3) is 6.10 Å². The predicted molar refractivity (Wildman–Crippen MR) is 170 cm³/mol. The molecule has 47 heavy (non-hydrogen) atoms.